The predicted molar refractivity (Wildman–Crippen MR) is 41.7 cm³/mol. The second kappa shape index (κ2) is 2.76. The van der Waals surface area contributed by atoms with Gasteiger partial charge in [0.1, 0.15) is 0 Å². The Balaban J connectivity index is 2.75. The summed E-state index contributed by atoms with van der Waals surface area (Å²) < 4.78 is 0. The van der Waals surface area contributed by atoms with E-state index < -0.39 is 0 Å². The zero-order valence-electron chi connectivity index (χ0n) is 5.20. The molecule has 1 aliphatic rings. The Kier molecular flexibility index (Phi) is 2.20. The smallest absolute Gasteiger partial charge is 0.0552 e. The molecule has 0 aromatic carbocycles. The molecule has 9 heavy (non-hydrogen) atoms. The van der Waals surface area contributed by atoms with E-state index in [0.717, 1.165) is 6.42 Å². The molecule has 0 spiro atoms. The summed E-state index contributed by atoms with van der Waals surface area (Å²) in [6, 6.07) is 0. The second-order valence-electron chi connectivity index (χ2n) is 2.28. The minimum atomic E-state index is 0.542. The zero-order chi connectivity index (χ0) is 6.85. The van der Waals surface area contributed by atoms with Gasteiger partial charge in [0.2, 0.25) is 0 Å². The lowest BCUT2D eigenvalue weighted by Crippen LogP contribution is -1.93. The minimum Gasteiger partial charge on any atom is -0.0831 e. The van der Waals surface area contributed by atoms with Crippen molar-refractivity contribution < 1.29 is 0 Å². The average molecular weight is 163 g/mol. The van der Waals surface area contributed by atoms with Gasteiger partial charge in [0.05, 0.1) is 10.1 Å². The Hall–Kier alpha value is 0.0600. The molecular formula is C7H8Cl2. The van der Waals surface area contributed by atoms with Gasteiger partial charge >= 0.3 is 0 Å². The number of halogens is 2. The molecule has 1 atom stereocenters. The zero-order valence-corrected chi connectivity index (χ0v) is 6.71. The van der Waals surface area contributed by atoms with Crippen LogP contribution in [0.2, 0.25) is 0 Å². The van der Waals surface area contributed by atoms with Crippen molar-refractivity contribution in [3.05, 3.63) is 22.2 Å². The van der Waals surface area contributed by atoms with Crippen molar-refractivity contribution in [3.8, 4) is 0 Å². The first-order valence-corrected chi connectivity index (χ1v) is 3.69. The Morgan fingerprint density at radius 3 is 2.56 bits per heavy atom. The van der Waals surface area contributed by atoms with Crippen molar-refractivity contribution >= 4 is 23.2 Å². The molecule has 0 aromatic rings. The van der Waals surface area contributed by atoms with Crippen LogP contribution in [-0.4, -0.2) is 0 Å². The van der Waals surface area contributed by atoms with Gasteiger partial charge in [-0.05, 0) is 12.3 Å². The average Bonchev–Trinajstić information content (AvgIpc) is 1.80. The third kappa shape index (κ3) is 1.74. The van der Waals surface area contributed by atoms with E-state index in [2.05, 4.69) is 6.92 Å². The molecule has 0 saturated carbocycles. The van der Waals surface area contributed by atoms with Crippen molar-refractivity contribution in [1.29, 1.82) is 0 Å². The Bertz CT molecular complexity index is 168. The summed E-state index contributed by atoms with van der Waals surface area (Å²) in [7, 11) is 0. The fraction of sp³-hybridized carbons (Fsp3) is 0.429. The number of hydrogen-bond donors (Lipinski definition) is 0. The number of allylic oxidation sites excluding steroid dienone is 4. The quantitative estimate of drug-likeness (QED) is 0.514. The molecule has 0 N–H and O–H groups in total. The van der Waals surface area contributed by atoms with E-state index in [0.29, 0.717) is 16.0 Å². The van der Waals surface area contributed by atoms with E-state index in [1.54, 1.807) is 0 Å². The van der Waals surface area contributed by atoms with Crippen molar-refractivity contribution in [2.75, 3.05) is 0 Å². The largest absolute Gasteiger partial charge is 0.0831 e. The van der Waals surface area contributed by atoms with Crippen LogP contribution in [0, 0.1) is 5.92 Å². The molecule has 0 amide bonds. The third-order valence-electron chi connectivity index (χ3n) is 1.33. The summed E-state index contributed by atoms with van der Waals surface area (Å²) in [6.45, 7) is 2.11. The van der Waals surface area contributed by atoms with Crippen LogP contribution in [0.5, 0.6) is 0 Å². The molecule has 0 unspecified atom stereocenters. The van der Waals surface area contributed by atoms with Crippen LogP contribution in [0.15, 0.2) is 22.2 Å². The van der Waals surface area contributed by atoms with Crippen LogP contribution < -0.4 is 0 Å². The predicted octanol–water partition coefficient (Wildman–Crippen LogP) is 3.27. The van der Waals surface area contributed by atoms with E-state index in [4.69, 9.17) is 23.2 Å². The molecule has 0 aliphatic heterocycles. The van der Waals surface area contributed by atoms with Gasteiger partial charge in [-0.15, -0.1) is 0 Å². The summed E-state index contributed by atoms with van der Waals surface area (Å²) in [5.41, 5.74) is 0. The molecule has 0 heterocycles. The Labute approximate surface area is 65.2 Å². The number of hydrogen-bond acceptors (Lipinski definition) is 0. The van der Waals surface area contributed by atoms with Crippen molar-refractivity contribution in [2.24, 2.45) is 5.92 Å². The monoisotopic (exact) mass is 162 g/mol. The lowest BCUT2D eigenvalue weighted by Gasteiger charge is -2.09. The van der Waals surface area contributed by atoms with Gasteiger partial charge in [-0.3, -0.25) is 0 Å². The van der Waals surface area contributed by atoms with Gasteiger partial charge in [-0.2, -0.15) is 0 Å². The number of rotatable bonds is 0. The van der Waals surface area contributed by atoms with E-state index in [1.807, 2.05) is 12.2 Å². The van der Waals surface area contributed by atoms with Crippen LogP contribution in [0.3, 0.4) is 0 Å². The molecule has 0 saturated heterocycles. The maximum atomic E-state index is 5.72. The highest BCUT2D eigenvalue weighted by Crippen LogP contribution is 2.27. The highest BCUT2D eigenvalue weighted by molar-refractivity contribution is 6.44. The van der Waals surface area contributed by atoms with Crippen molar-refractivity contribution in [2.45, 2.75) is 13.3 Å². The lowest BCUT2D eigenvalue weighted by molar-refractivity contribution is 0.733. The van der Waals surface area contributed by atoms with Crippen molar-refractivity contribution in [1.82, 2.24) is 0 Å². The summed E-state index contributed by atoms with van der Waals surface area (Å²) in [5, 5.41) is 1.38. The highest BCUT2D eigenvalue weighted by Gasteiger charge is 2.07. The maximum Gasteiger partial charge on any atom is 0.0552 e. The first-order chi connectivity index (χ1) is 4.20. The normalized spacial score (nSPS) is 27.2. The summed E-state index contributed by atoms with van der Waals surface area (Å²) in [4.78, 5) is 0. The van der Waals surface area contributed by atoms with E-state index in [9.17, 15) is 0 Å². The maximum absolute atomic E-state index is 5.72. The highest BCUT2D eigenvalue weighted by atomic mass is 35.5. The van der Waals surface area contributed by atoms with Crippen LogP contribution >= 0.6 is 23.2 Å². The van der Waals surface area contributed by atoms with Crippen LogP contribution in [0.1, 0.15) is 13.3 Å². The molecule has 0 radical (unpaired) electrons. The SMILES string of the molecule is C[C@@H]1C=C(Cl)C(Cl)=CC1. The van der Waals surface area contributed by atoms with E-state index >= 15 is 0 Å². The molecule has 0 fully saturated rings. The van der Waals surface area contributed by atoms with E-state index in [1.165, 1.54) is 0 Å². The molecule has 1 rings (SSSR count). The molecular weight excluding hydrogens is 155 g/mol. The van der Waals surface area contributed by atoms with Gasteiger partial charge < -0.3 is 0 Å². The molecule has 50 valence electrons. The van der Waals surface area contributed by atoms with Gasteiger partial charge in [-0.25, -0.2) is 0 Å². The molecule has 2 heteroatoms. The Morgan fingerprint density at radius 2 is 2.11 bits per heavy atom. The molecule has 0 aromatic heterocycles. The van der Waals surface area contributed by atoms with Gasteiger partial charge in [0.25, 0.3) is 0 Å². The van der Waals surface area contributed by atoms with Crippen LogP contribution in [0.4, 0.5) is 0 Å². The van der Waals surface area contributed by atoms with Gasteiger partial charge in [0, 0.05) is 0 Å². The van der Waals surface area contributed by atoms with Gasteiger partial charge in [0.15, 0.2) is 0 Å². The summed E-state index contributed by atoms with van der Waals surface area (Å²) >= 11 is 11.4. The summed E-state index contributed by atoms with van der Waals surface area (Å²) in [6.07, 6.45) is 4.94. The van der Waals surface area contributed by atoms with Crippen LogP contribution in [0.25, 0.3) is 0 Å². The molecule has 0 nitrogen and oxygen atoms in total. The summed E-state index contributed by atoms with van der Waals surface area (Å²) in [5.74, 6) is 0.542. The topological polar surface area (TPSA) is 0 Å². The van der Waals surface area contributed by atoms with E-state index in [-0.39, 0.29) is 0 Å². The first kappa shape index (κ1) is 7.17. The first-order valence-electron chi connectivity index (χ1n) is 2.93. The fourth-order valence-corrected chi connectivity index (χ4v) is 1.23. The Morgan fingerprint density at radius 1 is 1.44 bits per heavy atom. The molecule has 1 aliphatic carbocycles. The van der Waals surface area contributed by atoms with Gasteiger partial charge in [-0.1, -0.05) is 42.3 Å². The minimum absolute atomic E-state index is 0.542. The fourth-order valence-electron chi connectivity index (χ4n) is 0.784. The second-order valence-corrected chi connectivity index (χ2v) is 3.09. The van der Waals surface area contributed by atoms with Crippen LogP contribution in [-0.2, 0) is 0 Å². The third-order valence-corrected chi connectivity index (χ3v) is 2.11. The lowest BCUT2D eigenvalue weighted by atomic mass is 10.0. The molecule has 0 bridgehead atoms. The van der Waals surface area contributed by atoms with Crippen molar-refractivity contribution in [3.63, 3.8) is 0 Å². The standard InChI is InChI=1S/C7H8Cl2/c1-5-2-3-6(8)7(9)4-5/h3-5H,2H2,1H3/t5-/m0/s1.